The van der Waals surface area contributed by atoms with Gasteiger partial charge in [-0.15, -0.1) is 0 Å². The van der Waals surface area contributed by atoms with Gasteiger partial charge in [0, 0.05) is 29.5 Å². The zero-order valence-corrected chi connectivity index (χ0v) is 20.9. The molecule has 0 unspecified atom stereocenters. The van der Waals surface area contributed by atoms with E-state index >= 15 is 0 Å². The molecule has 3 heterocycles. The summed E-state index contributed by atoms with van der Waals surface area (Å²) in [4.78, 5) is 18.7. The second-order valence-electron chi connectivity index (χ2n) is 8.81. The summed E-state index contributed by atoms with van der Waals surface area (Å²) < 4.78 is 7.21. The number of aryl methyl sites for hydroxylation is 1. The van der Waals surface area contributed by atoms with Crippen LogP contribution in [0.3, 0.4) is 0 Å². The van der Waals surface area contributed by atoms with E-state index in [2.05, 4.69) is 82.1 Å². The summed E-state index contributed by atoms with van der Waals surface area (Å²) in [5.74, 6) is -0.255. The predicted molar refractivity (Wildman–Crippen MR) is 142 cm³/mol. The van der Waals surface area contributed by atoms with E-state index < -0.39 is 0 Å². The zero-order chi connectivity index (χ0) is 24.5. The van der Waals surface area contributed by atoms with E-state index in [-0.39, 0.29) is 24.5 Å². The lowest BCUT2D eigenvalue weighted by Crippen LogP contribution is -2.32. The molecule has 0 saturated carbocycles. The van der Waals surface area contributed by atoms with E-state index in [0.717, 1.165) is 28.3 Å². The summed E-state index contributed by atoms with van der Waals surface area (Å²) >= 11 is 5.75. The molecule has 2 aromatic heterocycles. The number of thiocarbonyl (C=S) groups is 1. The van der Waals surface area contributed by atoms with Gasteiger partial charge < -0.3 is 19.5 Å². The molecule has 0 amide bonds. The third-order valence-corrected chi connectivity index (χ3v) is 7.13. The number of hydrogen-bond donors (Lipinski definition) is 1. The summed E-state index contributed by atoms with van der Waals surface area (Å²) in [5.41, 5.74) is 5.49. The number of benzene rings is 2. The molecule has 35 heavy (non-hydrogen) atoms. The highest BCUT2D eigenvalue weighted by molar-refractivity contribution is 7.80. The predicted octanol–water partition coefficient (Wildman–Crippen LogP) is 5.18. The van der Waals surface area contributed by atoms with Crippen molar-refractivity contribution in [2.24, 2.45) is 0 Å². The Morgan fingerprint density at radius 3 is 2.63 bits per heavy atom. The molecule has 0 bridgehead atoms. The van der Waals surface area contributed by atoms with Gasteiger partial charge in [0.2, 0.25) is 0 Å². The number of nitrogens with zero attached hydrogens (tertiary/aromatic N) is 3. The smallest absolute Gasteiger partial charge is 0.307 e. The first-order chi connectivity index (χ1) is 17.0. The van der Waals surface area contributed by atoms with Crippen LogP contribution in [0.1, 0.15) is 41.1 Å². The van der Waals surface area contributed by atoms with Crippen LogP contribution in [0.2, 0.25) is 0 Å². The van der Waals surface area contributed by atoms with Crippen LogP contribution in [0, 0.1) is 13.8 Å². The Kier molecular flexibility index (Phi) is 6.26. The monoisotopic (exact) mass is 484 g/mol. The fraction of sp³-hybridized carbons (Fsp3) is 0.250. The Morgan fingerprint density at radius 2 is 1.86 bits per heavy atom. The van der Waals surface area contributed by atoms with Crippen LogP contribution in [-0.4, -0.2) is 39.2 Å². The minimum atomic E-state index is -0.255. The van der Waals surface area contributed by atoms with E-state index in [4.69, 9.17) is 17.0 Å². The number of fused-ring (bicyclic) bond motifs is 1. The Balaban J connectivity index is 1.63. The molecule has 0 radical (unpaired) electrons. The summed E-state index contributed by atoms with van der Waals surface area (Å²) in [6.45, 7) is 4.75. The molecule has 1 saturated heterocycles. The van der Waals surface area contributed by atoms with Crippen LogP contribution in [0.4, 0.5) is 0 Å². The van der Waals surface area contributed by atoms with Gasteiger partial charge in [0.25, 0.3) is 0 Å². The van der Waals surface area contributed by atoms with Gasteiger partial charge in [-0.2, -0.15) is 0 Å². The summed E-state index contributed by atoms with van der Waals surface area (Å²) in [6.07, 6.45) is 2.05. The van der Waals surface area contributed by atoms with Crippen LogP contribution in [0.25, 0.3) is 16.5 Å². The van der Waals surface area contributed by atoms with Gasteiger partial charge in [-0.05, 0) is 61.3 Å². The Morgan fingerprint density at radius 1 is 1.09 bits per heavy atom. The number of methoxy groups -OCH3 is 1. The number of carbonyl (C=O) groups excluding carboxylic acids is 1. The largest absolute Gasteiger partial charge is 0.469 e. The van der Waals surface area contributed by atoms with Crippen LogP contribution >= 0.6 is 12.2 Å². The fourth-order valence-corrected chi connectivity index (χ4v) is 5.49. The Labute approximate surface area is 210 Å². The van der Waals surface area contributed by atoms with Crippen molar-refractivity contribution in [3.8, 4) is 5.69 Å². The first kappa shape index (κ1) is 23.1. The average molecular weight is 485 g/mol. The van der Waals surface area contributed by atoms with Crippen molar-refractivity contribution in [2.75, 3.05) is 13.7 Å². The van der Waals surface area contributed by atoms with Crippen LogP contribution in [-0.2, 0) is 9.53 Å². The minimum Gasteiger partial charge on any atom is -0.469 e. The van der Waals surface area contributed by atoms with Gasteiger partial charge in [0.05, 0.1) is 37.0 Å². The van der Waals surface area contributed by atoms with E-state index in [1.807, 2.05) is 18.2 Å². The number of ether oxygens (including phenoxy) is 1. The first-order valence-electron chi connectivity index (χ1n) is 11.7. The normalized spacial score (nSPS) is 17.6. The highest BCUT2D eigenvalue weighted by atomic mass is 32.1. The van der Waals surface area contributed by atoms with Crippen molar-refractivity contribution in [1.29, 1.82) is 0 Å². The van der Waals surface area contributed by atoms with Gasteiger partial charge in [-0.25, -0.2) is 0 Å². The van der Waals surface area contributed by atoms with E-state index in [1.54, 1.807) is 6.20 Å². The molecule has 7 heteroatoms. The maximum Gasteiger partial charge on any atom is 0.307 e. The van der Waals surface area contributed by atoms with Crippen molar-refractivity contribution < 1.29 is 9.53 Å². The highest BCUT2D eigenvalue weighted by Gasteiger charge is 2.41. The fourth-order valence-electron chi connectivity index (χ4n) is 5.16. The Bertz CT molecular complexity index is 1390. The van der Waals surface area contributed by atoms with E-state index in [1.165, 1.54) is 17.9 Å². The molecular weight excluding hydrogens is 456 g/mol. The molecule has 0 aliphatic carbocycles. The number of nitrogens with one attached hydrogen (secondary N) is 1. The van der Waals surface area contributed by atoms with Crippen LogP contribution < -0.4 is 5.32 Å². The van der Waals surface area contributed by atoms with Gasteiger partial charge >= 0.3 is 5.97 Å². The van der Waals surface area contributed by atoms with Crippen molar-refractivity contribution in [2.45, 2.75) is 32.4 Å². The molecule has 6 nitrogen and oxygen atoms in total. The summed E-state index contributed by atoms with van der Waals surface area (Å²) in [5, 5.41) is 6.49. The molecule has 1 fully saturated rings. The molecular formula is C28H28N4O2S. The topological polar surface area (TPSA) is 59.4 Å². The second kappa shape index (κ2) is 9.50. The van der Waals surface area contributed by atoms with Crippen molar-refractivity contribution in [3.63, 3.8) is 0 Å². The summed E-state index contributed by atoms with van der Waals surface area (Å²) in [7, 11) is 1.41. The second-order valence-corrected chi connectivity index (χ2v) is 9.19. The minimum absolute atomic E-state index is 0.114. The average Bonchev–Trinajstić information content (AvgIpc) is 3.37. The highest BCUT2D eigenvalue weighted by Crippen LogP contribution is 2.42. The SMILES string of the molecule is COC(=O)CCN1C(=S)N[C@H](c2ccccn2)[C@H]1c1cc(C)n(-c2cccc3ccccc23)c1C. The maximum atomic E-state index is 12.0. The van der Waals surface area contributed by atoms with Crippen molar-refractivity contribution in [3.05, 3.63) is 95.6 Å². The number of aromatic nitrogens is 2. The summed E-state index contributed by atoms with van der Waals surface area (Å²) in [6, 6.07) is 22.7. The third kappa shape index (κ3) is 4.17. The standard InChI is InChI=1S/C28H28N4O2S/c1-18-17-22(19(2)32(18)24-13-8-10-20-9-4-5-11-21(20)24)27-26(23-12-6-7-15-29-23)30-28(35)31(27)16-14-25(33)34-3/h4-13,15,17,26-27H,14,16H2,1-3H3,(H,30,35)/t26-,27-/m1/s1. The molecule has 2 aromatic carbocycles. The Hall–Kier alpha value is -3.71. The van der Waals surface area contributed by atoms with Crippen LogP contribution in [0.15, 0.2) is 72.9 Å². The number of pyridine rings is 1. The number of esters is 1. The van der Waals surface area contributed by atoms with Gasteiger partial charge in [-0.1, -0.05) is 42.5 Å². The number of hydrogen-bond acceptors (Lipinski definition) is 4. The molecule has 2 atom stereocenters. The third-order valence-electron chi connectivity index (χ3n) is 6.78. The molecule has 1 aliphatic heterocycles. The lowest BCUT2D eigenvalue weighted by Gasteiger charge is -2.28. The lowest BCUT2D eigenvalue weighted by molar-refractivity contribution is -0.140. The number of rotatable bonds is 6. The van der Waals surface area contributed by atoms with E-state index in [9.17, 15) is 4.79 Å². The van der Waals surface area contributed by atoms with Crippen LogP contribution in [0.5, 0.6) is 0 Å². The van der Waals surface area contributed by atoms with Gasteiger partial charge in [0.15, 0.2) is 5.11 Å². The zero-order valence-electron chi connectivity index (χ0n) is 20.1. The van der Waals surface area contributed by atoms with E-state index in [0.29, 0.717) is 11.7 Å². The van der Waals surface area contributed by atoms with Crippen molar-refractivity contribution >= 4 is 34.1 Å². The maximum absolute atomic E-state index is 12.0. The lowest BCUT2D eigenvalue weighted by atomic mass is 9.96. The molecule has 1 N–H and O–H groups in total. The quantitative estimate of drug-likeness (QED) is 0.301. The molecule has 5 rings (SSSR count). The molecule has 178 valence electrons. The first-order valence-corrected chi connectivity index (χ1v) is 12.1. The van der Waals surface area contributed by atoms with Crippen molar-refractivity contribution in [1.82, 2.24) is 19.8 Å². The van der Waals surface area contributed by atoms with Gasteiger partial charge in [-0.3, -0.25) is 9.78 Å². The number of carbonyl (C=O) groups is 1. The molecule has 0 spiro atoms. The van der Waals surface area contributed by atoms with Gasteiger partial charge in [0.1, 0.15) is 0 Å². The molecule has 4 aromatic rings. The molecule has 1 aliphatic rings.